The maximum atomic E-state index is 12.5. The van der Waals surface area contributed by atoms with Crippen molar-refractivity contribution in [3.05, 3.63) is 23.0 Å². The molecule has 0 aliphatic heterocycles. The minimum Gasteiger partial charge on any atom is -0.480 e. The zero-order valence-corrected chi connectivity index (χ0v) is 12.8. The lowest BCUT2D eigenvalue weighted by Gasteiger charge is -2.11. The average Bonchev–Trinajstić information content (AvgIpc) is 3.26. The molecule has 1 atom stereocenters. The quantitative estimate of drug-likeness (QED) is 0.888. The number of aromatic nitrogens is 3. The largest absolute Gasteiger partial charge is 0.480 e. The number of aryl methyl sites for hydroxylation is 2. The topological polar surface area (TPSA) is 97.1 Å². The molecule has 1 aliphatic rings. The third-order valence-electron chi connectivity index (χ3n) is 3.95. The van der Waals surface area contributed by atoms with Crippen LogP contribution in [0.25, 0.3) is 11.0 Å². The second-order valence-corrected chi connectivity index (χ2v) is 5.81. The number of carboxylic acids is 1. The number of rotatable bonds is 4. The smallest absolute Gasteiger partial charge is 0.325 e. The highest BCUT2D eigenvalue weighted by atomic mass is 16.4. The molecular formula is C15H18N4O3. The molecule has 0 saturated heterocycles. The van der Waals surface area contributed by atoms with Crippen molar-refractivity contribution in [3.63, 3.8) is 0 Å². The van der Waals surface area contributed by atoms with Crippen molar-refractivity contribution in [1.82, 2.24) is 20.1 Å². The fourth-order valence-electron chi connectivity index (χ4n) is 2.57. The highest BCUT2D eigenvalue weighted by Gasteiger charge is 2.29. The van der Waals surface area contributed by atoms with E-state index in [1.807, 2.05) is 6.92 Å². The molecule has 116 valence electrons. The first-order valence-electron chi connectivity index (χ1n) is 7.26. The van der Waals surface area contributed by atoms with Crippen LogP contribution in [0.15, 0.2) is 6.07 Å². The molecule has 1 fully saturated rings. The van der Waals surface area contributed by atoms with E-state index in [1.54, 1.807) is 17.8 Å². The van der Waals surface area contributed by atoms with E-state index in [-0.39, 0.29) is 0 Å². The van der Waals surface area contributed by atoms with Crippen LogP contribution in [-0.2, 0) is 11.8 Å². The van der Waals surface area contributed by atoms with Crippen molar-refractivity contribution >= 4 is 22.9 Å². The van der Waals surface area contributed by atoms with Crippen molar-refractivity contribution in [1.29, 1.82) is 0 Å². The lowest BCUT2D eigenvalue weighted by Crippen LogP contribution is -2.38. The highest BCUT2D eigenvalue weighted by Crippen LogP contribution is 2.40. The maximum Gasteiger partial charge on any atom is 0.325 e. The number of hydrogen-bond acceptors (Lipinski definition) is 4. The van der Waals surface area contributed by atoms with Crippen LogP contribution in [0.5, 0.6) is 0 Å². The summed E-state index contributed by atoms with van der Waals surface area (Å²) in [5, 5.41) is 16.5. The van der Waals surface area contributed by atoms with Crippen LogP contribution in [0.4, 0.5) is 0 Å². The van der Waals surface area contributed by atoms with Crippen molar-refractivity contribution in [3.8, 4) is 0 Å². The summed E-state index contributed by atoms with van der Waals surface area (Å²) in [5.74, 6) is -1.08. The van der Waals surface area contributed by atoms with Gasteiger partial charge in [0, 0.05) is 18.7 Å². The Morgan fingerprint density at radius 2 is 2.14 bits per heavy atom. The normalized spacial score (nSPS) is 15.8. The molecule has 3 rings (SSSR count). The Hall–Kier alpha value is -2.44. The summed E-state index contributed by atoms with van der Waals surface area (Å²) in [5.41, 5.74) is 2.70. The minimum atomic E-state index is -1.07. The minimum absolute atomic E-state index is 0.392. The third-order valence-corrected chi connectivity index (χ3v) is 3.95. The van der Waals surface area contributed by atoms with Gasteiger partial charge in [0.05, 0.1) is 16.6 Å². The number of amides is 1. The predicted molar refractivity (Wildman–Crippen MR) is 79.8 cm³/mol. The van der Waals surface area contributed by atoms with Gasteiger partial charge in [-0.1, -0.05) is 0 Å². The molecule has 7 heteroatoms. The van der Waals surface area contributed by atoms with Gasteiger partial charge in [0.2, 0.25) is 0 Å². The number of carboxylic acid groups (broad SMARTS) is 1. The highest BCUT2D eigenvalue weighted by molar-refractivity contribution is 6.07. The lowest BCUT2D eigenvalue weighted by atomic mass is 10.1. The number of aliphatic carboxylic acids is 1. The van der Waals surface area contributed by atoms with Crippen LogP contribution in [0, 0.1) is 6.92 Å². The number of fused-ring (bicyclic) bond motifs is 1. The monoisotopic (exact) mass is 302 g/mol. The first-order valence-corrected chi connectivity index (χ1v) is 7.26. The summed E-state index contributed by atoms with van der Waals surface area (Å²) in [6.45, 7) is 3.26. The summed E-state index contributed by atoms with van der Waals surface area (Å²) in [6.07, 6.45) is 2.14. The zero-order chi connectivity index (χ0) is 16.0. The Morgan fingerprint density at radius 1 is 1.45 bits per heavy atom. The average molecular weight is 302 g/mol. The van der Waals surface area contributed by atoms with E-state index in [0.29, 0.717) is 28.2 Å². The van der Waals surface area contributed by atoms with Crippen molar-refractivity contribution in [2.75, 3.05) is 0 Å². The molecule has 0 spiro atoms. The third kappa shape index (κ3) is 2.43. The number of hydrogen-bond donors (Lipinski definition) is 2. The summed E-state index contributed by atoms with van der Waals surface area (Å²) in [7, 11) is 1.79. The molecule has 1 unspecified atom stereocenters. The molecule has 2 N–H and O–H groups in total. The van der Waals surface area contributed by atoms with Crippen LogP contribution >= 0.6 is 0 Å². The van der Waals surface area contributed by atoms with Crippen LogP contribution < -0.4 is 5.32 Å². The molecule has 2 heterocycles. The van der Waals surface area contributed by atoms with Gasteiger partial charge < -0.3 is 10.4 Å². The number of nitrogens with one attached hydrogen (secondary N) is 1. The number of carbonyl (C=O) groups excluding carboxylic acids is 1. The summed E-state index contributed by atoms with van der Waals surface area (Å²) in [4.78, 5) is 28.1. The summed E-state index contributed by atoms with van der Waals surface area (Å²) >= 11 is 0. The van der Waals surface area contributed by atoms with Crippen LogP contribution in [0.1, 0.15) is 47.4 Å². The van der Waals surface area contributed by atoms with E-state index in [1.165, 1.54) is 6.92 Å². The fourth-order valence-corrected chi connectivity index (χ4v) is 2.57. The molecule has 0 radical (unpaired) electrons. The van der Waals surface area contributed by atoms with Gasteiger partial charge in [0.25, 0.3) is 5.91 Å². The molecular weight excluding hydrogens is 284 g/mol. The van der Waals surface area contributed by atoms with Crippen LogP contribution in [0.3, 0.4) is 0 Å². The Labute approximate surface area is 127 Å². The molecule has 1 saturated carbocycles. The first-order chi connectivity index (χ1) is 10.4. The van der Waals surface area contributed by atoms with E-state index in [4.69, 9.17) is 5.11 Å². The van der Waals surface area contributed by atoms with Gasteiger partial charge in [0.1, 0.15) is 6.04 Å². The van der Waals surface area contributed by atoms with E-state index in [9.17, 15) is 9.59 Å². The predicted octanol–water partition coefficient (Wildman–Crippen LogP) is 1.36. The van der Waals surface area contributed by atoms with Crippen LogP contribution in [-0.4, -0.2) is 37.8 Å². The Balaban J connectivity index is 2.10. The van der Waals surface area contributed by atoms with Gasteiger partial charge in [-0.2, -0.15) is 5.10 Å². The summed E-state index contributed by atoms with van der Waals surface area (Å²) in [6, 6.07) is 0.829. The van der Waals surface area contributed by atoms with Crippen molar-refractivity contribution in [2.24, 2.45) is 7.05 Å². The number of nitrogens with zero attached hydrogens (tertiary/aromatic N) is 3. The van der Waals surface area contributed by atoms with Gasteiger partial charge >= 0.3 is 5.97 Å². The van der Waals surface area contributed by atoms with Crippen molar-refractivity contribution < 1.29 is 14.7 Å². The zero-order valence-electron chi connectivity index (χ0n) is 12.8. The van der Waals surface area contributed by atoms with Gasteiger partial charge in [-0.05, 0) is 32.8 Å². The SMILES string of the molecule is Cc1nn(C)c2nc(C3CC3)cc(C(=O)NC(C)C(=O)O)c12. The lowest BCUT2D eigenvalue weighted by molar-refractivity contribution is -0.138. The van der Waals surface area contributed by atoms with Crippen molar-refractivity contribution in [2.45, 2.75) is 38.6 Å². The van der Waals surface area contributed by atoms with Gasteiger partial charge in [-0.25, -0.2) is 4.98 Å². The molecule has 22 heavy (non-hydrogen) atoms. The molecule has 7 nitrogen and oxygen atoms in total. The van der Waals surface area contributed by atoms with Gasteiger partial charge in [0.15, 0.2) is 5.65 Å². The standard InChI is InChI=1S/C15H18N4O3/c1-7-12-10(14(20)16-8(2)15(21)22)6-11(9-4-5-9)17-13(12)19(3)18-7/h6,8-9H,4-5H2,1-3H3,(H,16,20)(H,21,22). The summed E-state index contributed by atoms with van der Waals surface area (Å²) < 4.78 is 1.66. The maximum absolute atomic E-state index is 12.5. The van der Waals surface area contributed by atoms with E-state index in [2.05, 4.69) is 15.4 Å². The second kappa shape index (κ2) is 5.08. The van der Waals surface area contributed by atoms with Crippen LogP contribution in [0.2, 0.25) is 0 Å². The number of pyridine rings is 1. The van der Waals surface area contributed by atoms with Gasteiger partial charge in [-0.15, -0.1) is 0 Å². The molecule has 2 aromatic heterocycles. The molecule has 1 amide bonds. The van der Waals surface area contributed by atoms with Gasteiger partial charge in [-0.3, -0.25) is 14.3 Å². The Morgan fingerprint density at radius 3 is 2.73 bits per heavy atom. The Kier molecular flexibility index (Phi) is 3.35. The fraction of sp³-hybridized carbons (Fsp3) is 0.467. The molecule has 0 bridgehead atoms. The van der Waals surface area contributed by atoms with E-state index < -0.39 is 17.9 Å². The number of carbonyl (C=O) groups is 2. The molecule has 0 aromatic carbocycles. The Bertz CT molecular complexity index is 777. The molecule has 2 aromatic rings. The molecule has 1 aliphatic carbocycles. The first kappa shape index (κ1) is 14.5. The van der Waals surface area contributed by atoms with E-state index >= 15 is 0 Å². The van der Waals surface area contributed by atoms with E-state index in [0.717, 1.165) is 18.5 Å². The second-order valence-electron chi connectivity index (χ2n) is 5.81.